The first kappa shape index (κ1) is 16.5. The molecular formula is C15H11BrN2O5S. The van der Waals surface area contributed by atoms with Gasteiger partial charge in [0.25, 0.3) is 5.91 Å². The zero-order chi connectivity index (χ0) is 17.3. The van der Waals surface area contributed by atoms with Gasteiger partial charge in [0.1, 0.15) is 11.5 Å². The molecule has 2 aromatic rings. The maximum Gasteiger partial charge on any atom is 0.373 e. The van der Waals surface area contributed by atoms with Crippen molar-refractivity contribution in [2.75, 3.05) is 7.11 Å². The second kappa shape index (κ2) is 6.62. The number of hydrogen-bond donors (Lipinski definition) is 1. The van der Waals surface area contributed by atoms with Crippen LogP contribution in [-0.4, -0.2) is 29.9 Å². The SMILES string of the molecule is COC(=O)c1ccc(CN2C(=O)NC(=Cc3cc(Br)cs3)C2=O)o1. The third-order valence-corrected chi connectivity index (χ3v) is 4.84. The van der Waals surface area contributed by atoms with E-state index in [9.17, 15) is 14.4 Å². The number of methoxy groups -OCH3 is 1. The molecule has 2 aromatic heterocycles. The van der Waals surface area contributed by atoms with Gasteiger partial charge in [-0.15, -0.1) is 11.3 Å². The van der Waals surface area contributed by atoms with E-state index in [0.29, 0.717) is 5.76 Å². The first-order valence-corrected chi connectivity index (χ1v) is 8.41. The molecule has 124 valence electrons. The molecule has 1 fully saturated rings. The molecule has 3 amide bonds. The molecule has 0 radical (unpaired) electrons. The van der Waals surface area contributed by atoms with Gasteiger partial charge in [-0.3, -0.25) is 9.69 Å². The van der Waals surface area contributed by atoms with Crippen molar-refractivity contribution in [3.05, 3.63) is 50.1 Å². The van der Waals surface area contributed by atoms with Crippen LogP contribution >= 0.6 is 27.3 Å². The number of nitrogens with zero attached hydrogens (tertiary/aromatic N) is 1. The summed E-state index contributed by atoms with van der Waals surface area (Å²) in [6, 6.07) is 4.25. The molecule has 3 rings (SSSR count). The lowest BCUT2D eigenvalue weighted by Gasteiger charge is -2.09. The van der Waals surface area contributed by atoms with Gasteiger partial charge in [0.15, 0.2) is 0 Å². The zero-order valence-electron chi connectivity index (χ0n) is 12.4. The van der Waals surface area contributed by atoms with Gasteiger partial charge in [0.2, 0.25) is 5.76 Å². The summed E-state index contributed by atoms with van der Waals surface area (Å²) in [7, 11) is 1.24. The predicted molar refractivity (Wildman–Crippen MR) is 89.1 cm³/mol. The van der Waals surface area contributed by atoms with Crippen LogP contribution in [0.4, 0.5) is 4.79 Å². The van der Waals surface area contributed by atoms with E-state index in [1.54, 1.807) is 6.08 Å². The van der Waals surface area contributed by atoms with Gasteiger partial charge in [-0.05, 0) is 40.2 Å². The number of rotatable bonds is 4. The van der Waals surface area contributed by atoms with Crippen molar-refractivity contribution in [2.24, 2.45) is 0 Å². The number of ether oxygens (including phenoxy) is 1. The monoisotopic (exact) mass is 410 g/mol. The lowest BCUT2D eigenvalue weighted by molar-refractivity contribution is -0.123. The number of hydrogen-bond acceptors (Lipinski definition) is 6. The number of urea groups is 1. The van der Waals surface area contributed by atoms with Crippen LogP contribution < -0.4 is 5.32 Å². The quantitative estimate of drug-likeness (QED) is 0.475. The first-order valence-electron chi connectivity index (χ1n) is 6.73. The van der Waals surface area contributed by atoms with Crippen LogP contribution in [0.1, 0.15) is 21.2 Å². The van der Waals surface area contributed by atoms with E-state index in [1.807, 2.05) is 11.4 Å². The summed E-state index contributed by atoms with van der Waals surface area (Å²) in [5.41, 5.74) is 0.189. The highest BCUT2D eigenvalue weighted by Crippen LogP contribution is 2.24. The molecule has 0 atom stereocenters. The summed E-state index contributed by atoms with van der Waals surface area (Å²) in [4.78, 5) is 37.6. The molecule has 24 heavy (non-hydrogen) atoms. The van der Waals surface area contributed by atoms with Crippen molar-refractivity contribution in [1.82, 2.24) is 10.2 Å². The molecule has 0 bridgehead atoms. The van der Waals surface area contributed by atoms with Crippen molar-refractivity contribution in [1.29, 1.82) is 0 Å². The molecule has 3 heterocycles. The summed E-state index contributed by atoms with van der Waals surface area (Å²) in [6.07, 6.45) is 1.61. The molecule has 0 unspecified atom stereocenters. The molecule has 1 N–H and O–H groups in total. The Balaban J connectivity index is 1.76. The van der Waals surface area contributed by atoms with Gasteiger partial charge in [-0.25, -0.2) is 9.59 Å². The molecule has 0 aliphatic carbocycles. The third-order valence-electron chi connectivity index (χ3n) is 3.20. The number of amides is 3. The molecule has 1 saturated heterocycles. The topological polar surface area (TPSA) is 88.9 Å². The Morgan fingerprint density at radius 2 is 2.25 bits per heavy atom. The lowest BCUT2D eigenvalue weighted by Crippen LogP contribution is -2.30. The fourth-order valence-electron chi connectivity index (χ4n) is 2.09. The van der Waals surface area contributed by atoms with E-state index >= 15 is 0 Å². The highest BCUT2D eigenvalue weighted by molar-refractivity contribution is 9.10. The molecule has 1 aliphatic heterocycles. The van der Waals surface area contributed by atoms with Crippen LogP contribution in [0.15, 0.2) is 38.2 Å². The number of furan rings is 1. The number of thiophene rings is 1. The standard InChI is InChI=1S/C15H11BrN2O5S/c1-22-14(20)12-3-2-9(23-12)6-18-13(19)11(17-15(18)21)5-10-4-8(16)7-24-10/h2-5,7H,6H2,1H3,(H,17,21). The minimum absolute atomic E-state index is 0.0127. The van der Waals surface area contributed by atoms with E-state index in [2.05, 4.69) is 26.0 Å². The van der Waals surface area contributed by atoms with Crippen LogP contribution in [0.3, 0.4) is 0 Å². The second-order valence-corrected chi connectivity index (χ2v) is 6.66. The lowest BCUT2D eigenvalue weighted by atomic mass is 10.3. The number of carbonyl (C=O) groups is 3. The van der Waals surface area contributed by atoms with Crippen LogP contribution in [0.2, 0.25) is 0 Å². The maximum atomic E-state index is 12.4. The van der Waals surface area contributed by atoms with Gasteiger partial charge in [0.05, 0.1) is 13.7 Å². The molecule has 0 spiro atoms. The number of esters is 1. The van der Waals surface area contributed by atoms with Crippen molar-refractivity contribution in [3.8, 4) is 0 Å². The fourth-order valence-corrected chi connectivity index (χ4v) is 3.47. The Bertz CT molecular complexity index is 854. The fraction of sp³-hybridized carbons (Fsp3) is 0.133. The Morgan fingerprint density at radius 3 is 2.92 bits per heavy atom. The van der Waals surface area contributed by atoms with Crippen LogP contribution in [-0.2, 0) is 16.1 Å². The van der Waals surface area contributed by atoms with Crippen molar-refractivity contribution >= 4 is 51.3 Å². The molecule has 7 nitrogen and oxygen atoms in total. The normalized spacial score (nSPS) is 15.9. The van der Waals surface area contributed by atoms with Crippen LogP contribution in [0, 0.1) is 0 Å². The zero-order valence-corrected chi connectivity index (χ0v) is 14.8. The number of imide groups is 1. The molecular weight excluding hydrogens is 400 g/mol. The molecule has 0 saturated carbocycles. The highest BCUT2D eigenvalue weighted by atomic mass is 79.9. The van der Waals surface area contributed by atoms with Gasteiger partial charge in [0, 0.05) is 14.7 Å². The predicted octanol–water partition coefficient (Wildman–Crippen LogP) is 2.98. The molecule has 1 aliphatic rings. The van der Waals surface area contributed by atoms with E-state index in [-0.39, 0.29) is 18.0 Å². The van der Waals surface area contributed by atoms with Crippen LogP contribution in [0.25, 0.3) is 6.08 Å². The van der Waals surface area contributed by atoms with Gasteiger partial charge >= 0.3 is 12.0 Å². The largest absolute Gasteiger partial charge is 0.463 e. The Hall–Kier alpha value is -2.39. The van der Waals surface area contributed by atoms with E-state index in [1.165, 1.54) is 30.6 Å². The Kier molecular flexibility index (Phi) is 4.54. The van der Waals surface area contributed by atoms with Gasteiger partial charge < -0.3 is 14.5 Å². The summed E-state index contributed by atoms with van der Waals surface area (Å²) in [5, 5.41) is 4.41. The van der Waals surface area contributed by atoms with E-state index in [4.69, 9.17) is 4.42 Å². The first-order chi connectivity index (χ1) is 11.5. The summed E-state index contributed by atoms with van der Waals surface area (Å²) in [5.74, 6) is -0.763. The van der Waals surface area contributed by atoms with Crippen molar-refractivity contribution < 1.29 is 23.5 Å². The maximum absolute atomic E-state index is 12.4. The van der Waals surface area contributed by atoms with Crippen molar-refractivity contribution in [2.45, 2.75) is 6.54 Å². The summed E-state index contributed by atoms with van der Waals surface area (Å²) < 4.78 is 10.7. The molecule has 9 heteroatoms. The Labute approximate surface area is 149 Å². The van der Waals surface area contributed by atoms with Gasteiger partial charge in [-0.2, -0.15) is 0 Å². The summed E-state index contributed by atoms with van der Waals surface area (Å²) >= 11 is 4.77. The summed E-state index contributed by atoms with van der Waals surface area (Å²) in [6.45, 7) is -0.0763. The Morgan fingerprint density at radius 1 is 1.46 bits per heavy atom. The number of carbonyl (C=O) groups excluding carboxylic acids is 3. The average Bonchev–Trinajstić information content (AvgIpc) is 3.24. The highest BCUT2D eigenvalue weighted by Gasteiger charge is 2.34. The minimum atomic E-state index is -0.623. The molecule has 0 aromatic carbocycles. The van der Waals surface area contributed by atoms with Crippen molar-refractivity contribution in [3.63, 3.8) is 0 Å². The number of nitrogens with one attached hydrogen (secondary N) is 1. The van der Waals surface area contributed by atoms with E-state index in [0.717, 1.165) is 14.2 Å². The third kappa shape index (κ3) is 3.26. The smallest absolute Gasteiger partial charge is 0.373 e. The van der Waals surface area contributed by atoms with E-state index < -0.39 is 17.9 Å². The second-order valence-electron chi connectivity index (χ2n) is 4.80. The average molecular weight is 411 g/mol. The number of halogens is 1. The van der Waals surface area contributed by atoms with Gasteiger partial charge in [-0.1, -0.05) is 0 Å². The van der Waals surface area contributed by atoms with Crippen LogP contribution in [0.5, 0.6) is 0 Å². The minimum Gasteiger partial charge on any atom is -0.463 e.